The van der Waals surface area contributed by atoms with Gasteiger partial charge in [0.1, 0.15) is 5.82 Å². The lowest BCUT2D eigenvalue weighted by Gasteiger charge is -2.10. The highest BCUT2D eigenvalue weighted by Gasteiger charge is 2.12. The summed E-state index contributed by atoms with van der Waals surface area (Å²) < 4.78 is 0. The molecule has 0 unspecified atom stereocenters. The molecule has 1 aromatic heterocycles. The van der Waals surface area contributed by atoms with Gasteiger partial charge in [0.15, 0.2) is 0 Å². The van der Waals surface area contributed by atoms with Gasteiger partial charge in [-0.25, -0.2) is 4.98 Å². The molecule has 0 aliphatic carbocycles. The van der Waals surface area contributed by atoms with E-state index >= 15 is 0 Å². The fraction of sp³-hybridized carbons (Fsp3) is 0.154. The summed E-state index contributed by atoms with van der Waals surface area (Å²) in [5.74, 6) is 0.540. The number of nitrogens with one attached hydrogen (secondary N) is 1. The van der Waals surface area contributed by atoms with Crippen LogP contribution in [0.15, 0.2) is 36.5 Å². The van der Waals surface area contributed by atoms with E-state index in [0.29, 0.717) is 23.6 Å². The van der Waals surface area contributed by atoms with Crippen LogP contribution in [0.2, 0.25) is 0 Å². The van der Waals surface area contributed by atoms with Crippen LogP contribution < -0.4 is 11.1 Å². The quantitative estimate of drug-likeness (QED) is 0.649. The predicted molar refractivity (Wildman–Crippen MR) is 73.8 cm³/mol. The molecule has 1 heterocycles. The molecule has 0 atom stereocenters. The van der Waals surface area contributed by atoms with Crippen LogP contribution in [-0.4, -0.2) is 9.91 Å². The Labute approximate surface area is 110 Å². The molecule has 0 radical (unpaired) electrons. The molecule has 0 saturated carbocycles. The Hall–Kier alpha value is -2.63. The Balaban J connectivity index is 2.19. The van der Waals surface area contributed by atoms with Crippen molar-refractivity contribution >= 4 is 17.2 Å². The van der Waals surface area contributed by atoms with Crippen LogP contribution in [-0.2, 0) is 6.54 Å². The number of nitrogens with two attached hydrogens (primary N) is 1. The third-order valence-corrected chi connectivity index (χ3v) is 2.84. The van der Waals surface area contributed by atoms with Crippen LogP contribution in [0.5, 0.6) is 0 Å². The Morgan fingerprint density at radius 1 is 1.37 bits per heavy atom. The maximum atomic E-state index is 10.9. The van der Waals surface area contributed by atoms with E-state index in [1.54, 1.807) is 24.4 Å². The average molecular weight is 258 g/mol. The van der Waals surface area contributed by atoms with E-state index in [-0.39, 0.29) is 5.69 Å². The fourth-order valence-electron chi connectivity index (χ4n) is 1.73. The summed E-state index contributed by atoms with van der Waals surface area (Å²) in [6.45, 7) is 2.19. The number of nitro groups is 1. The lowest BCUT2D eigenvalue weighted by atomic mass is 10.2. The number of pyridine rings is 1. The maximum Gasteiger partial charge on any atom is 0.274 e. The van der Waals surface area contributed by atoms with Crippen LogP contribution in [0.3, 0.4) is 0 Å². The summed E-state index contributed by atoms with van der Waals surface area (Å²) in [5, 5.41) is 13.9. The molecule has 0 saturated heterocycles. The number of hydrogen-bond donors (Lipinski definition) is 2. The van der Waals surface area contributed by atoms with Crippen molar-refractivity contribution in [2.45, 2.75) is 13.5 Å². The second-order valence-electron chi connectivity index (χ2n) is 4.13. The first-order valence-corrected chi connectivity index (χ1v) is 5.77. The molecule has 2 rings (SSSR count). The van der Waals surface area contributed by atoms with Gasteiger partial charge >= 0.3 is 0 Å². The van der Waals surface area contributed by atoms with Crippen molar-refractivity contribution in [3.8, 4) is 0 Å². The Kier molecular flexibility index (Phi) is 3.61. The van der Waals surface area contributed by atoms with Gasteiger partial charge in [-0.05, 0) is 18.6 Å². The minimum atomic E-state index is -0.399. The van der Waals surface area contributed by atoms with Gasteiger partial charge in [0.05, 0.1) is 10.6 Å². The summed E-state index contributed by atoms with van der Waals surface area (Å²) in [4.78, 5) is 14.6. The van der Waals surface area contributed by atoms with E-state index < -0.39 is 4.92 Å². The lowest BCUT2D eigenvalue weighted by molar-refractivity contribution is -0.385. The summed E-state index contributed by atoms with van der Waals surface area (Å²) in [6.07, 6.45) is 1.65. The molecule has 1 aromatic carbocycles. The molecule has 0 spiro atoms. The molecule has 0 amide bonds. The third kappa shape index (κ3) is 2.79. The first-order chi connectivity index (χ1) is 9.09. The summed E-state index contributed by atoms with van der Waals surface area (Å²) in [6, 6.07) is 8.39. The number of para-hydroxylation sites is 1. The molecule has 0 aliphatic rings. The van der Waals surface area contributed by atoms with Gasteiger partial charge in [-0.3, -0.25) is 10.1 Å². The highest BCUT2D eigenvalue weighted by atomic mass is 16.6. The van der Waals surface area contributed by atoms with E-state index in [1.165, 1.54) is 6.07 Å². The first kappa shape index (κ1) is 12.8. The molecule has 19 heavy (non-hydrogen) atoms. The number of anilines is 2. The van der Waals surface area contributed by atoms with Gasteiger partial charge in [-0.15, -0.1) is 0 Å². The second kappa shape index (κ2) is 5.34. The number of benzene rings is 1. The maximum absolute atomic E-state index is 10.9. The fourth-order valence-corrected chi connectivity index (χ4v) is 1.73. The molecule has 6 heteroatoms. The molecule has 6 nitrogen and oxygen atoms in total. The van der Waals surface area contributed by atoms with Crippen molar-refractivity contribution in [2.24, 2.45) is 0 Å². The Morgan fingerprint density at radius 2 is 2.11 bits per heavy atom. The van der Waals surface area contributed by atoms with E-state index in [2.05, 4.69) is 10.3 Å². The van der Waals surface area contributed by atoms with Crippen LogP contribution in [0.25, 0.3) is 0 Å². The summed E-state index contributed by atoms with van der Waals surface area (Å²) >= 11 is 0. The summed E-state index contributed by atoms with van der Waals surface area (Å²) in [5.41, 5.74) is 8.04. The number of nitrogens with zero attached hydrogens (tertiary/aromatic N) is 2. The van der Waals surface area contributed by atoms with Crippen molar-refractivity contribution in [1.29, 1.82) is 0 Å². The minimum absolute atomic E-state index is 0.0845. The highest BCUT2D eigenvalue weighted by Crippen LogP contribution is 2.22. The monoisotopic (exact) mass is 258 g/mol. The Morgan fingerprint density at radius 3 is 2.84 bits per heavy atom. The normalized spacial score (nSPS) is 10.2. The van der Waals surface area contributed by atoms with Crippen LogP contribution >= 0.6 is 0 Å². The molecule has 0 fully saturated rings. The topological polar surface area (TPSA) is 94.1 Å². The summed E-state index contributed by atoms with van der Waals surface area (Å²) in [7, 11) is 0. The van der Waals surface area contributed by atoms with E-state index in [0.717, 1.165) is 5.56 Å². The molecule has 3 N–H and O–H groups in total. The van der Waals surface area contributed by atoms with Gasteiger partial charge in [0.2, 0.25) is 0 Å². The number of aryl methyl sites for hydroxylation is 1. The molecule has 0 bridgehead atoms. The van der Waals surface area contributed by atoms with Crippen molar-refractivity contribution < 1.29 is 4.92 Å². The average Bonchev–Trinajstić information content (AvgIpc) is 2.40. The van der Waals surface area contributed by atoms with Crippen molar-refractivity contribution in [1.82, 2.24) is 4.98 Å². The number of rotatable bonds is 4. The SMILES string of the molecule is Cc1ccnc(NCc2ccccc2[N+](=O)[O-])c1N. The Bertz CT molecular complexity index is 613. The molecule has 2 aromatic rings. The van der Waals surface area contributed by atoms with Crippen molar-refractivity contribution in [2.75, 3.05) is 11.1 Å². The van der Waals surface area contributed by atoms with E-state index in [9.17, 15) is 10.1 Å². The molecular weight excluding hydrogens is 244 g/mol. The highest BCUT2D eigenvalue weighted by molar-refractivity contribution is 5.65. The smallest absolute Gasteiger partial charge is 0.274 e. The number of nitro benzene ring substituents is 1. The van der Waals surface area contributed by atoms with Crippen LogP contribution in [0, 0.1) is 17.0 Å². The zero-order valence-corrected chi connectivity index (χ0v) is 10.5. The third-order valence-electron chi connectivity index (χ3n) is 2.84. The number of aromatic nitrogens is 1. The zero-order valence-electron chi connectivity index (χ0n) is 10.5. The molecule has 98 valence electrons. The predicted octanol–water partition coefficient (Wildman–Crippen LogP) is 2.49. The van der Waals surface area contributed by atoms with Gasteiger partial charge in [-0.1, -0.05) is 18.2 Å². The van der Waals surface area contributed by atoms with Gasteiger partial charge in [0, 0.05) is 24.4 Å². The number of hydrogen-bond acceptors (Lipinski definition) is 5. The largest absolute Gasteiger partial charge is 0.396 e. The van der Waals surface area contributed by atoms with Gasteiger partial charge in [-0.2, -0.15) is 0 Å². The van der Waals surface area contributed by atoms with Crippen LogP contribution in [0.4, 0.5) is 17.2 Å². The second-order valence-corrected chi connectivity index (χ2v) is 4.13. The van der Waals surface area contributed by atoms with E-state index in [1.807, 2.05) is 13.0 Å². The van der Waals surface area contributed by atoms with Gasteiger partial charge in [0.25, 0.3) is 5.69 Å². The zero-order chi connectivity index (χ0) is 13.8. The van der Waals surface area contributed by atoms with Crippen molar-refractivity contribution in [3.63, 3.8) is 0 Å². The number of nitrogen functional groups attached to an aromatic ring is 1. The van der Waals surface area contributed by atoms with Crippen molar-refractivity contribution in [3.05, 3.63) is 57.8 Å². The molecular formula is C13H14N4O2. The van der Waals surface area contributed by atoms with Crippen LogP contribution in [0.1, 0.15) is 11.1 Å². The van der Waals surface area contributed by atoms with E-state index in [4.69, 9.17) is 5.73 Å². The van der Waals surface area contributed by atoms with Gasteiger partial charge < -0.3 is 11.1 Å². The lowest BCUT2D eigenvalue weighted by Crippen LogP contribution is -2.07. The standard InChI is InChI=1S/C13H14N4O2/c1-9-6-7-15-13(12(9)14)16-8-10-4-2-3-5-11(10)17(18)19/h2-7H,8,14H2,1H3,(H,15,16). The molecule has 0 aliphatic heterocycles. The first-order valence-electron chi connectivity index (χ1n) is 5.77. The minimum Gasteiger partial charge on any atom is -0.396 e.